The van der Waals surface area contributed by atoms with Crippen LogP contribution in [-0.4, -0.2) is 15.9 Å². The summed E-state index contributed by atoms with van der Waals surface area (Å²) in [6.45, 7) is 0. The molecule has 0 unspecified atom stereocenters. The molecule has 0 aliphatic carbocycles. The molecule has 0 bridgehead atoms. The van der Waals surface area contributed by atoms with Crippen LogP contribution in [-0.2, 0) is 11.2 Å². The molecule has 19 heavy (non-hydrogen) atoms. The summed E-state index contributed by atoms with van der Waals surface area (Å²) >= 11 is 0. The monoisotopic (exact) mass is 254 g/mol. The van der Waals surface area contributed by atoms with Gasteiger partial charge in [0.15, 0.2) is 0 Å². The number of hydrogen-bond donors (Lipinski definition) is 2. The Kier molecular flexibility index (Phi) is 3.39. The fourth-order valence-electron chi connectivity index (χ4n) is 1.70. The maximum Gasteiger partial charge on any atom is 0.269 e. The van der Waals surface area contributed by atoms with Gasteiger partial charge in [-0.05, 0) is 5.56 Å². The molecule has 6 nitrogen and oxygen atoms in total. The van der Waals surface area contributed by atoms with E-state index in [0.29, 0.717) is 11.3 Å². The van der Waals surface area contributed by atoms with Gasteiger partial charge in [0.2, 0.25) is 5.91 Å². The number of carbonyl (C=O) groups excluding carboxylic acids is 1. The van der Waals surface area contributed by atoms with Gasteiger partial charge in [0, 0.05) is 5.56 Å². The van der Waals surface area contributed by atoms with Gasteiger partial charge in [-0.2, -0.15) is 5.26 Å². The summed E-state index contributed by atoms with van der Waals surface area (Å²) < 4.78 is 0. The lowest BCUT2D eigenvalue weighted by Gasteiger charge is -2.03. The summed E-state index contributed by atoms with van der Waals surface area (Å²) in [6, 6.07) is 8.64. The standard InChI is InChI=1S/C13H10N4O2/c14-6-10-12(16-7-17-13(10)19)9-3-1-8(2-4-9)5-11(15)18/h1-4,7H,5H2,(H2,15,18)(H,16,17,19). The molecule has 0 spiro atoms. The number of rotatable bonds is 3. The van der Waals surface area contributed by atoms with Crippen molar-refractivity contribution in [1.29, 1.82) is 5.26 Å². The average molecular weight is 254 g/mol. The first-order chi connectivity index (χ1) is 9.11. The normalized spacial score (nSPS) is 9.84. The fourth-order valence-corrected chi connectivity index (χ4v) is 1.70. The van der Waals surface area contributed by atoms with E-state index in [0.717, 1.165) is 5.56 Å². The molecule has 0 radical (unpaired) electrons. The Bertz CT molecular complexity index is 711. The number of aromatic nitrogens is 2. The highest BCUT2D eigenvalue weighted by atomic mass is 16.1. The molecule has 2 aromatic rings. The van der Waals surface area contributed by atoms with Crippen LogP contribution in [0, 0.1) is 11.3 Å². The molecular formula is C13H10N4O2. The molecule has 94 valence electrons. The number of hydrogen-bond acceptors (Lipinski definition) is 4. The molecule has 1 amide bonds. The van der Waals surface area contributed by atoms with E-state index in [1.54, 1.807) is 24.3 Å². The number of nitrogens with one attached hydrogen (secondary N) is 1. The van der Waals surface area contributed by atoms with E-state index in [2.05, 4.69) is 9.97 Å². The smallest absolute Gasteiger partial charge is 0.269 e. The number of nitriles is 1. The van der Waals surface area contributed by atoms with Crippen LogP contribution in [0.4, 0.5) is 0 Å². The number of carbonyl (C=O) groups is 1. The van der Waals surface area contributed by atoms with Crippen molar-refractivity contribution < 1.29 is 4.79 Å². The van der Waals surface area contributed by atoms with Crippen molar-refractivity contribution in [2.45, 2.75) is 6.42 Å². The summed E-state index contributed by atoms with van der Waals surface area (Å²) in [7, 11) is 0. The van der Waals surface area contributed by atoms with Gasteiger partial charge in [-0.1, -0.05) is 24.3 Å². The van der Waals surface area contributed by atoms with Crippen molar-refractivity contribution >= 4 is 5.91 Å². The minimum Gasteiger partial charge on any atom is -0.369 e. The fraction of sp³-hybridized carbons (Fsp3) is 0.0769. The van der Waals surface area contributed by atoms with E-state index < -0.39 is 11.5 Å². The maximum absolute atomic E-state index is 11.5. The van der Waals surface area contributed by atoms with Crippen LogP contribution in [0.25, 0.3) is 11.3 Å². The Morgan fingerprint density at radius 1 is 1.37 bits per heavy atom. The predicted molar refractivity (Wildman–Crippen MR) is 67.9 cm³/mol. The summed E-state index contributed by atoms with van der Waals surface area (Å²) in [4.78, 5) is 28.6. The first kappa shape index (κ1) is 12.5. The lowest BCUT2D eigenvalue weighted by molar-refractivity contribution is -0.117. The van der Waals surface area contributed by atoms with Gasteiger partial charge in [-0.25, -0.2) is 4.98 Å². The van der Waals surface area contributed by atoms with Crippen molar-refractivity contribution in [2.75, 3.05) is 0 Å². The number of primary amides is 1. The van der Waals surface area contributed by atoms with Gasteiger partial charge in [0.05, 0.1) is 18.4 Å². The third kappa shape index (κ3) is 2.66. The Morgan fingerprint density at radius 3 is 2.63 bits per heavy atom. The number of aromatic amines is 1. The van der Waals surface area contributed by atoms with E-state index >= 15 is 0 Å². The number of amides is 1. The molecule has 0 aliphatic rings. The highest BCUT2D eigenvalue weighted by molar-refractivity contribution is 5.77. The number of nitrogens with zero attached hydrogens (tertiary/aromatic N) is 2. The second-order valence-electron chi connectivity index (χ2n) is 3.91. The highest BCUT2D eigenvalue weighted by Crippen LogP contribution is 2.18. The van der Waals surface area contributed by atoms with E-state index in [4.69, 9.17) is 11.0 Å². The Balaban J connectivity index is 2.44. The van der Waals surface area contributed by atoms with Crippen molar-refractivity contribution in [3.8, 4) is 17.3 Å². The van der Waals surface area contributed by atoms with Crippen LogP contribution in [0.1, 0.15) is 11.1 Å². The zero-order valence-electron chi connectivity index (χ0n) is 9.88. The average Bonchev–Trinajstić information content (AvgIpc) is 2.38. The Hall–Kier alpha value is -2.94. The number of H-pyrrole nitrogens is 1. The molecule has 0 atom stereocenters. The zero-order chi connectivity index (χ0) is 13.8. The van der Waals surface area contributed by atoms with E-state index in [1.807, 2.05) is 6.07 Å². The third-order valence-corrected chi connectivity index (χ3v) is 2.57. The zero-order valence-corrected chi connectivity index (χ0v) is 9.88. The predicted octanol–water partition coefficient (Wildman–Crippen LogP) is 0.336. The van der Waals surface area contributed by atoms with Gasteiger partial charge in [0.1, 0.15) is 11.6 Å². The lowest BCUT2D eigenvalue weighted by atomic mass is 10.0. The van der Waals surface area contributed by atoms with Crippen LogP contribution in [0.2, 0.25) is 0 Å². The lowest BCUT2D eigenvalue weighted by Crippen LogP contribution is -2.13. The van der Waals surface area contributed by atoms with Crippen molar-refractivity contribution in [3.05, 3.63) is 52.1 Å². The molecule has 6 heteroatoms. The summed E-state index contributed by atoms with van der Waals surface area (Å²) in [5.74, 6) is -0.417. The van der Waals surface area contributed by atoms with Gasteiger partial charge in [-0.15, -0.1) is 0 Å². The summed E-state index contributed by atoms with van der Waals surface area (Å²) in [6.07, 6.45) is 1.39. The van der Waals surface area contributed by atoms with Crippen molar-refractivity contribution in [3.63, 3.8) is 0 Å². The number of benzene rings is 1. The molecule has 0 saturated heterocycles. The van der Waals surface area contributed by atoms with E-state index in [1.165, 1.54) is 6.33 Å². The minimum absolute atomic E-state index is 0.0369. The molecule has 0 saturated carbocycles. The molecule has 0 fully saturated rings. The largest absolute Gasteiger partial charge is 0.369 e. The van der Waals surface area contributed by atoms with Crippen LogP contribution in [0.5, 0.6) is 0 Å². The summed E-state index contributed by atoms with van der Waals surface area (Å²) in [5, 5.41) is 8.96. The van der Waals surface area contributed by atoms with Crippen LogP contribution >= 0.6 is 0 Å². The second-order valence-corrected chi connectivity index (χ2v) is 3.91. The van der Waals surface area contributed by atoms with Crippen LogP contribution in [0.3, 0.4) is 0 Å². The molecule has 1 aromatic carbocycles. The Labute approximate surface area is 108 Å². The van der Waals surface area contributed by atoms with E-state index in [9.17, 15) is 9.59 Å². The molecule has 3 N–H and O–H groups in total. The molecule has 2 rings (SSSR count). The SMILES string of the molecule is N#Cc1c(-c2ccc(CC(N)=O)cc2)nc[nH]c1=O. The van der Waals surface area contributed by atoms with Crippen molar-refractivity contribution in [2.24, 2.45) is 5.73 Å². The van der Waals surface area contributed by atoms with Crippen LogP contribution in [0.15, 0.2) is 35.4 Å². The maximum atomic E-state index is 11.5. The minimum atomic E-state index is -0.478. The van der Waals surface area contributed by atoms with E-state index in [-0.39, 0.29) is 12.0 Å². The molecular weight excluding hydrogens is 244 g/mol. The molecule has 0 aliphatic heterocycles. The van der Waals surface area contributed by atoms with Gasteiger partial charge >= 0.3 is 0 Å². The topological polar surface area (TPSA) is 113 Å². The van der Waals surface area contributed by atoms with Gasteiger partial charge < -0.3 is 10.7 Å². The van der Waals surface area contributed by atoms with Gasteiger partial charge in [0.25, 0.3) is 5.56 Å². The third-order valence-electron chi connectivity index (χ3n) is 2.57. The quantitative estimate of drug-likeness (QED) is 0.821. The van der Waals surface area contributed by atoms with Crippen LogP contribution < -0.4 is 11.3 Å². The van der Waals surface area contributed by atoms with Gasteiger partial charge in [-0.3, -0.25) is 9.59 Å². The highest BCUT2D eigenvalue weighted by Gasteiger charge is 2.10. The second kappa shape index (κ2) is 5.14. The number of nitrogens with two attached hydrogens (primary N) is 1. The first-order valence-corrected chi connectivity index (χ1v) is 5.47. The first-order valence-electron chi connectivity index (χ1n) is 5.47. The molecule has 1 aromatic heterocycles. The molecule has 1 heterocycles. The summed E-state index contributed by atoms with van der Waals surface area (Å²) in [5.41, 5.74) is 6.30. The van der Waals surface area contributed by atoms with Crippen molar-refractivity contribution in [1.82, 2.24) is 9.97 Å². The Morgan fingerprint density at radius 2 is 2.05 bits per heavy atom.